The van der Waals surface area contributed by atoms with Crippen LogP contribution in [-0.4, -0.2) is 11.3 Å². The maximum Gasteiger partial charge on any atom is 0.389 e. The molecule has 96 valence electrons. The number of hydrogen-bond acceptors (Lipinski definition) is 1. The molecule has 17 heavy (non-hydrogen) atoms. The van der Waals surface area contributed by atoms with Gasteiger partial charge in [-0.2, -0.15) is 13.2 Å². The summed E-state index contributed by atoms with van der Waals surface area (Å²) < 4.78 is 62.2. The third-order valence-electron chi connectivity index (χ3n) is 2.11. The second kappa shape index (κ2) is 5.30. The summed E-state index contributed by atoms with van der Waals surface area (Å²) in [6.45, 7) is 0. The van der Waals surface area contributed by atoms with Crippen molar-refractivity contribution >= 4 is 15.9 Å². The molecule has 7 heteroatoms. The first-order valence-electron chi connectivity index (χ1n) is 4.60. The fourth-order valence-corrected chi connectivity index (χ4v) is 1.64. The van der Waals surface area contributed by atoms with Crippen LogP contribution in [0.3, 0.4) is 0 Å². The van der Waals surface area contributed by atoms with E-state index in [9.17, 15) is 27.1 Å². The lowest BCUT2D eigenvalue weighted by Gasteiger charge is -2.14. The van der Waals surface area contributed by atoms with Crippen molar-refractivity contribution in [3.8, 4) is 0 Å². The first-order valence-corrected chi connectivity index (χ1v) is 5.40. The highest BCUT2D eigenvalue weighted by atomic mass is 79.9. The van der Waals surface area contributed by atoms with Crippen LogP contribution in [0.4, 0.5) is 22.0 Å². The molecule has 0 aromatic heterocycles. The van der Waals surface area contributed by atoms with Crippen LogP contribution in [0.2, 0.25) is 0 Å². The molecule has 0 aliphatic carbocycles. The van der Waals surface area contributed by atoms with Gasteiger partial charge in [0.2, 0.25) is 0 Å². The van der Waals surface area contributed by atoms with Gasteiger partial charge in [-0.05, 0) is 34.5 Å². The molecule has 0 saturated carbocycles. The SMILES string of the molecule is OC(CCC(F)(F)F)c1c(F)ccc(Br)c1F. The van der Waals surface area contributed by atoms with E-state index in [2.05, 4.69) is 15.9 Å². The summed E-state index contributed by atoms with van der Waals surface area (Å²) in [4.78, 5) is 0. The van der Waals surface area contributed by atoms with E-state index in [-0.39, 0.29) is 4.47 Å². The Kier molecular flexibility index (Phi) is 4.48. The van der Waals surface area contributed by atoms with Crippen molar-refractivity contribution in [3.05, 3.63) is 33.8 Å². The predicted molar refractivity (Wildman–Crippen MR) is 54.3 cm³/mol. The average Bonchev–Trinajstić information content (AvgIpc) is 2.20. The molecule has 1 N–H and O–H groups in total. The number of aliphatic hydroxyl groups excluding tert-OH is 1. The molecule has 0 aliphatic rings. The van der Waals surface area contributed by atoms with Crippen LogP contribution in [0.1, 0.15) is 24.5 Å². The summed E-state index contributed by atoms with van der Waals surface area (Å²) in [5, 5.41) is 9.37. The Labute approximate surface area is 102 Å². The van der Waals surface area contributed by atoms with E-state index in [0.717, 1.165) is 12.1 Å². The number of rotatable bonds is 3. The Hall–Kier alpha value is -0.690. The number of aliphatic hydroxyl groups is 1. The van der Waals surface area contributed by atoms with Crippen molar-refractivity contribution in [2.24, 2.45) is 0 Å². The van der Waals surface area contributed by atoms with Crippen molar-refractivity contribution in [1.82, 2.24) is 0 Å². The quantitative estimate of drug-likeness (QED) is 0.657. The Balaban J connectivity index is 2.89. The van der Waals surface area contributed by atoms with Gasteiger partial charge in [-0.1, -0.05) is 0 Å². The van der Waals surface area contributed by atoms with Crippen LogP contribution in [0.5, 0.6) is 0 Å². The van der Waals surface area contributed by atoms with Crippen LogP contribution < -0.4 is 0 Å². The summed E-state index contributed by atoms with van der Waals surface area (Å²) in [5.74, 6) is -2.15. The van der Waals surface area contributed by atoms with Crippen LogP contribution >= 0.6 is 15.9 Å². The lowest BCUT2D eigenvalue weighted by Crippen LogP contribution is -2.12. The zero-order valence-electron chi connectivity index (χ0n) is 8.36. The minimum absolute atomic E-state index is 0.111. The van der Waals surface area contributed by atoms with Gasteiger partial charge in [-0.15, -0.1) is 0 Å². The van der Waals surface area contributed by atoms with Crippen molar-refractivity contribution in [3.63, 3.8) is 0 Å². The predicted octanol–water partition coefficient (Wildman–Crippen LogP) is 4.10. The molecule has 0 saturated heterocycles. The zero-order chi connectivity index (χ0) is 13.2. The molecule has 0 spiro atoms. The van der Waals surface area contributed by atoms with Crippen molar-refractivity contribution in [1.29, 1.82) is 0 Å². The molecule has 1 rings (SSSR count). The maximum atomic E-state index is 13.4. The van der Waals surface area contributed by atoms with Crippen LogP contribution in [0.15, 0.2) is 16.6 Å². The first kappa shape index (κ1) is 14.4. The van der Waals surface area contributed by atoms with Crippen LogP contribution in [0.25, 0.3) is 0 Å². The van der Waals surface area contributed by atoms with Crippen LogP contribution in [0, 0.1) is 11.6 Å². The third-order valence-corrected chi connectivity index (χ3v) is 2.73. The van der Waals surface area contributed by atoms with Gasteiger partial charge in [0.15, 0.2) is 0 Å². The molecule has 0 amide bonds. The van der Waals surface area contributed by atoms with Crippen molar-refractivity contribution in [2.75, 3.05) is 0 Å². The molecule has 1 atom stereocenters. The molecule has 1 aromatic rings. The fraction of sp³-hybridized carbons (Fsp3) is 0.400. The average molecular weight is 319 g/mol. The van der Waals surface area contributed by atoms with E-state index in [1.165, 1.54) is 0 Å². The smallest absolute Gasteiger partial charge is 0.388 e. The first-order chi connectivity index (χ1) is 7.72. The molecule has 0 bridgehead atoms. The minimum Gasteiger partial charge on any atom is -0.388 e. The van der Waals surface area contributed by atoms with Gasteiger partial charge in [0.05, 0.1) is 16.1 Å². The Morgan fingerprint density at radius 3 is 2.35 bits per heavy atom. The van der Waals surface area contributed by atoms with Crippen molar-refractivity contribution in [2.45, 2.75) is 25.1 Å². The van der Waals surface area contributed by atoms with E-state index in [1.807, 2.05) is 0 Å². The van der Waals surface area contributed by atoms with Gasteiger partial charge >= 0.3 is 6.18 Å². The fourth-order valence-electron chi connectivity index (χ4n) is 1.29. The van der Waals surface area contributed by atoms with Gasteiger partial charge in [-0.25, -0.2) is 8.78 Å². The third kappa shape index (κ3) is 3.92. The molecular weight excluding hydrogens is 311 g/mol. The summed E-state index contributed by atoms with van der Waals surface area (Å²) in [5.41, 5.74) is -0.747. The van der Waals surface area contributed by atoms with Crippen LogP contribution in [-0.2, 0) is 0 Å². The van der Waals surface area contributed by atoms with Gasteiger partial charge < -0.3 is 5.11 Å². The standard InChI is InChI=1S/C10H8BrF5O/c11-5-1-2-6(12)8(9(5)13)7(17)3-4-10(14,15)16/h1-2,7,17H,3-4H2. The number of hydrogen-bond donors (Lipinski definition) is 1. The highest BCUT2D eigenvalue weighted by molar-refractivity contribution is 9.10. The summed E-state index contributed by atoms with van der Waals surface area (Å²) in [6, 6.07) is 1.95. The van der Waals surface area contributed by atoms with Gasteiger partial charge in [0.1, 0.15) is 11.6 Å². The molecule has 1 aromatic carbocycles. The molecule has 0 fully saturated rings. The minimum atomic E-state index is -4.47. The van der Waals surface area contributed by atoms with Gasteiger partial charge in [-0.3, -0.25) is 0 Å². The van der Waals surface area contributed by atoms with E-state index in [4.69, 9.17) is 0 Å². The molecular formula is C10H8BrF5O. The zero-order valence-corrected chi connectivity index (χ0v) is 9.95. The second-order valence-corrected chi connectivity index (χ2v) is 4.28. The molecule has 1 nitrogen and oxygen atoms in total. The molecule has 1 unspecified atom stereocenters. The number of alkyl halides is 3. The van der Waals surface area contributed by atoms with E-state index in [1.54, 1.807) is 0 Å². The molecule has 0 heterocycles. The highest BCUT2D eigenvalue weighted by Gasteiger charge is 2.30. The number of benzene rings is 1. The Morgan fingerprint density at radius 2 is 1.82 bits per heavy atom. The monoisotopic (exact) mass is 318 g/mol. The van der Waals surface area contributed by atoms with E-state index in [0.29, 0.717) is 0 Å². The van der Waals surface area contributed by atoms with E-state index < -0.39 is 42.3 Å². The van der Waals surface area contributed by atoms with Crippen molar-refractivity contribution < 1.29 is 27.1 Å². The maximum absolute atomic E-state index is 13.4. The Bertz CT molecular complexity index is 404. The molecule has 0 aliphatic heterocycles. The summed E-state index contributed by atoms with van der Waals surface area (Å²) in [7, 11) is 0. The summed E-state index contributed by atoms with van der Waals surface area (Å²) in [6.07, 6.45) is -8.39. The lowest BCUT2D eigenvalue weighted by atomic mass is 10.0. The summed E-state index contributed by atoms with van der Waals surface area (Å²) >= 11 is 2.76. The Morgan fingerprint density at radius 1 is 1.24 bits per heavy atom. The van der Waals surface area contributed by atoms with Gasteiger partial charge in [0, 0.05) is 6.42 Å². The number of halogens is 6. The second-order valence-electron chi connectivity index (χ2n) is 3.43. The highest BCUT2D eigenvalue weighted by Crippen LogP contribution is 2.32. The normalized spacial score (nSPS) is 13.8. The lowest BCUT2D eigenvalue weighted by molar-refractivity contribution is -0.140. The molecule has 0 radical (unpaired) electrons. The largest absolute Gasteiger partial charge is 0.389 e. The topological polar surface area (TPSA) is 20.2 Å². The van der Waals surface area contributed by atoms with E-state index >= 15 is 0 Å². The van der Waals surface area contributed by atoms with Gasteiger partial charge in [0.25, 0.3) is 0 Å².